The predicted molar refractivity (Wildman–Crippen MR) is 134 cm³/mol. The second kappa shape index (κ2) is 9.55. The van der Waals surface area contributed by atoms with Crippen LogP contribution in [0.4, 0.5) is 15.8 Å². The Morgan fingerprint density at radius 3 is 2.35 bits per heavy atom. The van der Waals surface area contributed by atoms with Gasteiger partial charge in [0, 0.05) is 25.5 Å². The standard InChI is InChI=1S/C27H28ClFN2O3/c1-16(2)34-25-15-21-18(13-24(25)33-5)14-26(32)31(20-9-7-19(8-10-20)30(3)4)27(21)17-6-11-22(28)23(29)12-17/h6-13,15-16,27H,14H2,1-5H3. The summed E-state index contributed by atoms with van der Waals surface area (Å²) < 4.78 is 26.1. The van der Waals surface area contributed by atoms with E-state index in [1.807, 2.05) is 69.2 Å². The van der Waals surface area contributed by atoms with E-state index in [0.717, 1.165) is 22.5 Å². The van der Waals surface area contributed by atoms with Crippen LogP contribution in [-0.4, -0.2) is 33.2 Å². The van der Waals surface area contributed by atoms with Gasteiger partial charge < -0.3 is 19.3 Å². The lowest BCUT2D eigenvalue weighted by molar-refractivity contribution is -0.118. The van der Waals surface area contributed by atoms with Crippen LogP contribution in [0.1, 0.15) is 36.6 Å². The summed E-state index contributed by atoms with van der Waals surface area (Å²) in [5.41, 5.74) is 4.03. The van der Waals surface area contributed by atoms with Crippen LogP contribution in [-0.2, 0) is 11.2 Å². The summed E-state index contributed by atoms with van der Waals surface area (Å²) >= 11 is 5.97. The third kappa shape index (κ3) is 4.55. The number of nitrogens with zero attached hydrogens (tertiary/aromatic N) is 2. The number of methoxy groups -OCH3 is 1. The van der Waals surface area contributed by atoms with E-state index in [1.165, 1.54) is 12.1 Å². The van der Waals surface area contributed by atoms with Crippen molar-refractivity contribution in [3.63, 3.8) is 0 Å². The maximum atomic E-state index is 14.6. The van der Waals surface area contributed by atoms with E-state index >= 15 is 0 Å². The first-order chi connectivity index (χ1) is 16.2. The number of amides is 1. The molecule has 3 aromatic carbocycles. The molecular formula is C27H28ClFN2O3. The predicted octanol–water partition coefficient (Wildman–Crippen LogP) is 6.02. The van der Waals surface area contributed by atoms with Crippen LogP contribution in [0, 0.1) is 5.82 Å². The SMILES string of the molecule is COc1cc2c(cc1OC(C)C)C(c1ccc(Cl)c(F)c1)N(c1ccc(N(C)C)cc1)C(=O)C2. The Bertz CT molecular complexity index is 1210. The molecule has 3 aromatic rings. The highest BCUT2D eigenvalue weighted by atomic mass is 35.5. The molecule has 5 nitrogen and oxygen atoms in total. The first-order valence-corrected chi connectivity index (χ1v) is 11.5. The molecule has 1 amide bonds. The molecule has 1 unspecified atom stereocenters. The van der Waals surface area contributed by atoms with Crippen molar-refractivity contribution in [2.75, 3.05) is 31.0 Å². The molecule has 0 fully saturated rings. The number of ether oxygens (including phenoxy) is 2. The highest BCUT2D eigenvalue weighted by Gasteiger charge is 2.36. The van der Waals surface area contributed by atoms with Crippen LogP contribution in [0.5, 0.6) is 11.5 Å². The van der Waals surface area contributed by atoms with Gasteiger partial charge in [0.1, 0.15) is 5.82 Å². The molecule has 0 aliphatic carbocycles. The van der Waals surface area contributed by atoms with Gasteiger partial charge >= 0.3 is 0 Å². The van der Waals surface area contributed by atoms with Crippen LogP contribution < -0.4 is 19.3 Å². The quantitative estimate of drug-likeness (QED) is 0.431. The molecule has 178 valence electrons. The van der Waals surface area contributed by atoms with Crippen molar-refractivity contribution in [1.82, 2.24) is 0 Å². The summed E-state index contributed by atoms with van der Waals surface area (Å²) in [6.45, 7) is 3.88. The molecule has 0 saturated heterocycles. The molecule has 1 atom stereocenters. The lowest BCUT2D eigenvalue weighted by Gasteiger charge is -2.38. The third-order valence-corrected chi connectivity index (χ3v) is 6.16. The second-order valence-electron chi connectivity index (χ2n) is 8.80. The van der Waals surface area contributed by atoms with Crippen molar-refractivity contribution in [1.29, 1.82) is 0 Å². The van der Waals surface area contributed by atoms with Crippen molar-refractivity contribution in [3.8, 4) is 11.5 Å². The maximum Gasteiger partial charge on any atom is 0.232 e. The lowest BCUT2D eigenvalue weighted by atomic mass is 9.86. The van der Waals surface area contributed by atoms with Crippen molar-refractivity contribution in [2.24, 2.45) is 0 Å². The van der Waals surface area contributed by atoms with Gasteiger partial charge in [0.05, 0.1) is 30.7 Å². The Hall–Kier alpha value is -3.25. The Morgan fingerprint density at radius 2 is 1.76 bits per heavy atom. The highest BCUT2D eigenvalue weighted by Crippen LogP contribution is 2.44. The fraction of sp³-hybridized carbons (Fsp3) is 0.296. The minimum atomic E-state index is -0.561. The molecule has 1 aliphatic rings. The number of carbonyl (C=O) groups is 1. The number of hydrogen-bond acceptors (Lipinski definition) is 4. The molecule has 0 bridgehead atoms. The highest BCUT2D eigenvalue weighted by molar-refractivity contribution is 6.30. The molecule has 0 spiro atoms. The van der Waals surface area contributed by atoms with Crippen LogP contribution >= 0.6 is 11.6 Å². The summed E-state index contributed by atoms with van der Waals surface area (Å²) in [5, 5.41) is 0.0338. The summed E-state index contributed by atoms with van der Waals surface area (Å²) in [7, 11) is 5.49. The second-order valence-corrected chi connectivity index (χ2v) is 9.20. The van der Waals surface area contributed by atoms with Gasteiger partial charge in [-0.05, 0) is 79.1 Å². The average molecular weight is 483 g/mol. The van der Waals surface area contributed by atoms with Crippen molar-refractivity contribution in [3.05, 3.63) is 82.1 Å². The monoisotopic (exact) mass is 482 g/mol. The van der Waals surface area contributed by atoms with E-state index in [-0.39, 0.29) is 23.5 Å². The minimum Gasteiger partial charge on any atom is -0.493 e. The molecule has 1 heterocycles. The van der Waals surface area contributed by atoms with E-state index in [1.54, 1.807) is 18.1 Å². The summed E-state index contributed by atoms with van der Waals surface area (Å²) in [5.74, 6) is 0.511. The largest absolute Gasteiger partial charge is 0.493 e. The number of hydrogen-bond donors (Lipinski definition) is 0. The molecule has 34 heavy (non-hydrogen) atoms. The number of halogens is 2. The molecule has 0 aromatic heterocycles. The molecule has 0 radical (unpaired) electrons. The fourth-order valence-electron chi connectivity index (χ4n) is 4.28. The molecule has 0 saturated carbocycles. The molecule has 0 N–H and O–H groups in total. The first kappa shape index (κ1) is 23.9. The Labute approximate surface area is 204 Å². The number of benzene rings is 3. The van der Waals surface area contributed by atoms with Crippen LogP contribution in [0.25, 0.3) is 0 Å². The summed E-state index contributed by atoms with van der Waals surface area (Å²) in [6, 6.07) is 15.6. The molecular weight excluding hydrogens is 455 g/mol. The van der Waals surface area contributed by atoms with Crippen molar-refractivity contribution >= 4 is 28.9 Å². The van der Waals surface area contributed by atoms with Crippen LogP contribution in [0.2, 0.25) is 5.02 Å². The molecule has 7 heteroatoms. The first-order valence-electron chi connectivity index (χ1n) is 11.1. The molecule has 4 rings (SSSR count). The lowest BCUT2D eigenvalue weighted by Crippen LogP contribution is -2.41. The van der Waals surface area contributed by atoms with Crippen molar-refractivity contribution < 1.29 is 18.7 Å². The summed E-state index contributed by atoms with van der Waals surface area (Å²) in [6.07, 6.45) is 0.119. The smallest absolute Gasteiger partial charge is 0.232 e. The van der Waals surface area contributed by atoms with Gasteiger partial charge in [-0.1, -0.05) is 17.7 Å². The number of anilines is 2. The number of rotatable bonds is 6. The maximum absolute atomic E-state index is 14.6. The topological polar surface area (TPSA) is 42.0 Å². The van der Waals surface area contributed by atoms with Gasteiger partial charge in [0.25, 0.3) is 0 Å². The fourth-order valence-corrected chi connectivity index (χ4v) is 4.40. The van der Waals surface area contributed by atoms with Gasteiger partial charge in [-0.2, -0.15) is 0 Å². The van der Waals surface area contributed by atoms with E-state index < -0.39 is 11.9 Å². The van der Waals surface area contributed by atoms with Crippen molar-refractivity contribution in [2.45, 2.75) is 32.4 Å². The van der Waals surface area contributed by atoms with Crippen LogP contribution in [0.3, 0.4) is 0 Å². The average Bonchev–Trinajstić information content (AvgIpc) is 2.79. The summed E-state index contributed by atoms with van der Waals surface area (Å²) in [4.78, 5) is 17.2. The third-order valence-electron chi connectivity index (χ3n) is 5.85. The Morgan fingerprint density at radius 1 is 1.06 bits per heavy atom. The zero-order valence-corrected chi connectivity index (χ0v) is 20.7. The molecule has 1 aliphatic heterocycles. The Balaban J connectivity index is 1.92. The van der Waals surface area contributed by atoms with Crippen LogP contribution in [0.15, 0.2) is 54.6 Å². The van der Waals surface area contributed by atoms with E-state index in [4.69, 9.17) is 21.1 Å². The van der Waals surface area contributed by atoms with E-state index in [9.17, 15) is 9.18 Å². The van der Waals surface area contributed by atoms with E-state index in [2.05, 4.69) is 0 Å². The zero-order chi connectivity index (χ0) is 24.6. The Kier molecular flexibility index (Phi) is 6.71. The minimum absolute atomic E-state index is 0.0338. The normalized spacial score (nSPS) is 15.4. The number of fused-ring (bicyclic) bond motifs is 1. The van der Waals surface area contributed by atoms with Gasteiger partial charge in [-0.3, -0.25) is 4.79 Å². The van der Waals surface area contributed by atoms with E-state index in [0.29, 0.717) is 17.1 Å². The van der Waals surface area contributed by atoms with Gasteiger partial charge in [0.2, 0.25) is 5.91 Å². The number of carbonyl (C=O) groups excluding carboxylic acids is 1. The van der Waals surface area contributed by atoms with Gasteiger partial charge in [0.15, 0.2) is 11.5 Å². The van der Waals surface area contributed by atoms with Gasteiger partial charge in [-0.15, -0.1) is 0 Å². The van der Waals surface area contributed by atoms with Gasteiger partial charge in [-0.25, -0.2) is 4.39 Å². The zero-order valence-electron chi connectivity index (χ0n) is 19.9.